The fourth-order valence-electron chi connectivity index (χ4n) is 4.30. The van der Waals surface area contributed by atoms with Gasteiger partial charge in [-0.15, -0.1) is 12.4 Å². The molecular formula is C30H47ClN2O4. The first-order valence-corrected chi connectivity index (χ1v) is 13.3. The molecular weight excluding hydrogens is 488 g/mol. The molecule has 4 atom stereocenters. The molecule has 0 heterocycles. The number of nitrogens with two attached hydrogens (primary N) is 1. The predicted molar refractivity (Wildman–Crippen MR) is 153 cm³/mol. The van der Waals surface area contributed by atoms with Gasteiger partial charge in [0.25, 0.3) is 0 Å². The molecule has 0 bridgehead atoms. The van der Waals surface area contributed by atoms with Crippen LogP contribution in [0.1, 0.15) is 64.5 Å². The van der Waals surface area contributed by atoms with E-state index in [0.29, 0.717) is 43.4 Å². The molecule has 0 aliphatic rings. The molecule has 7 heteroatoms. The lowest BCUT2D eigenvalue weighted by Crippen LogP contribution is -2.41. The fraction of sp³-hybridized carbons (Fsp3) is 0.567. The van der Waals surface area contributed by atoms with Crippen molar-refractivity contribution in [2.45, 2.75) is 78.6 Å². The monoisotopic (exact) mass is 534 g/mol. The molecule has 2 aromatic rings. The summed E-state index contributed by atoms with van der Waals surface area (Å²) in [6.45, 7) is 9.46. The average molecular weight is 535 g/mol. The molecule has 0 spiro atoms. The lowest BCUT2D eigenvalue weighted by molar-refractivity contribution is -0.125. The molecule has 0 saturated heterocycles. The largest absolute Gasteiger partial charge is 0.493 e. The molecule has 0 aliphatic carbocycles. The maximum Gasteiger partial charge on any atom is 0.222 e. The van der Waals surface area contributed by atoms with Crippen molar-refractivity contribution in [2.75, 3.05) is 13.7 Å². The Labute approximate surface area is 229 Å². The van der Waals surface area contributed by atoms with Crippen molar-refractivity contribution in [1.29, 1.82) is 0 Å². The number of hydrogen-bond acceptors (Lipinski definition) is 5. The van der Waals surface area contributed by atoms with Gasteiger partial charge in [0.1, 0.15) is 6.61 Å². The SMILES string of the molecule is CCCCNC(=O)[C@H](C)C[C@H](O)[C@@H](N)C[C@H](Cc1ccc(OC)c(OCc2ccccc2)c1)C(C)C.Cl. The van der Waals surface area contributed by atoms with Gasteiger partial charge in [0.2, 0.25) is 5.91 Å². The zero-order valence-corrected chi connectivity index (χ0v) is 23.9. The van der Waals surface area contributed by atoms with Gasteiger partial charge in [0, 0.05) is 18.5 Å². The van der Waals surface area contributed by atoms with Crippen LogP contribution in [0.15, 0.2) is 48.5 Å². The number of aliphatic hydroxyl groups is 1. The lowest BCUT2D eigenvalue weighted by Gasteiger charge is -2.28. The van der Waals surface area contributed by atoms with Crippen molar-refractivity contribution in [1.82, 2.24) is 5.32 Å². The van der Waals surface area contributed by atoms with E-state index < -0.39 is 12.1 Å². The highest BCUT2D eigenvalue weighted by Gasteiger charge is 2.26. The molecule has 0 unspecified atom stereocenters. The van der Waals surface area contributed by atoms with Crippen LogP contribution < -0.4 is 20.5 Å². The van der Waals surface area contributed by atoms with E-state index in [2.05, 4.69) is 32.2 Å². The first-order chi connectivity index (χ1) is 17.2. The number of rotatable bonds is 16. The second-order valence-electron chi connectivity index (χ2n) is 10.2. The van der Waals surface area contributed by atoms with E-state index in [-0.39, 0.29) is 30.2 Å². The normalized spacial score (nSPS) is 14.3. The third-order valence-corrected chi connectivity index (χ3v) is 6.85. The van der Waals surface area contributed by atoms with E-state index in [1.165, 1.54) is 0 Å². The first-order valence-electron chi connectivity index (χ1n) is 13.3. The Morgan fingerprint density at radius 3 is 2.35 bits per heavy atom. The van der Waals surface area contributed by atoms with Gasteiger partial charge in [-0.1, -0.05) is 70.5 Å². The minimum absolute atomic E-state index is 0. The number of nitrogens with one attached hydrogen (secondary N) is 1. The number of methoxy groups -OCH3 is 1. The van der Waals surface area contributed by atoms with Crippen molar-refractivity contribution < 1.29 is 19.4 Å². The predicted octanol–water partition coefficient (Wildman–Crippen LogP) is 5.53. The summed E-state index contributed by atoms with van der Waals surface area (Å²) in [5, 5.41) is 13.7. The summed E-state index contributed by atoms with van der Waals surface area (Å²) >= 11 is 0. The highest BCUT2D eigenvalue weighted by atomic mass is 35.5. The topological polar surface area (TPSA) is 93.8 Å². The Morgan fingerprint density at radius 1 is 1.03 bits per heavy atom. The number of carbonyl (C=O) groups excluding carboxylic acids is 1. The number of ether oxygens (including phenoxy) is 2. The van der Waals surface area contributed by atoms with Gasteiger partial charge >= 0.3 is 0 Å². The van der Waals surface area contributed by atoms with Gasteiger partial charge in [-0.05, 0) is 60.8 Å². The number of hydrogen-bond donors (Lipinski definition) is 3. The molecule has 208 valence electrons. The summed E-state index contributed by atoms with van der Waals surface area (Å²) in [5.41, 5.74) is 8.68. The molecule has 0 aromatic heterocycles. The van der Waals surface area contributed by atoms with E-state index in [0.717, 1.165) is 30.4 Å². The smallest absolute Gasteiger partial charge is 0.222 e. The second-order valence-corrected chi connectivity index (χ2v) is 10.2. The third kappa shape index (κ3) is 11.3. The van der Waals surface area contributed by atoms with Crippen LogP contribution in [0.25, 0.3) is 0 Å². The van der Waals surface area contributed by atoms with Gasteiger partial charge in [0.05, 0.1) is 13.2 Å². The average Bonchev–Trinajstić information content (AvgIpc) is 2.87. The van der Waals surface area contributed by atoms with Crippen LogP contribution in [0.2, 0.25) is 0 Å². The standard InChI is InChI=1S/C30H46N2O4.ClH/c1-6-7-15-32-30(34)22(4)16-27(33)26(31)19-25(21(2)3)17-24-13-14-28(35-5)29(18-24)36-20-23-11-9-8-10-12-23;/h8-14,18,21-22,25-27,33H,6-7,15-17,19-20,31H2,1-5H3,(H,32,34);1H/t22-,25+,26+,27+;/m1./s1. The molecule has 0 saturated carbocycles. The van der Waals surface area contributed by atoms with Crippen molar-refractivity contribution in [2.24, 2.45) is 23.5 Å². The van der Waals surface area contributed by atoms with E-state index in [1.807, 2.05) is 49.4 Å². The number of amides is 1. The maximum atomic E-state index is 12.3. The van der Waals surface area contributed by atoms with Crippen molar-refractivity contribution in [3.05, 3.63) is 59.7 Å². The maximum absolute atomic E-state index is 12.3. The van der Waals surface area contributed by atoms with Crippen LogP contribution in [0.3, 0.4) is 0 Å². The summed E-state index contributed by atoms with van der Waals surface area (Å²) in [4.78, 5) is 12.3. The third-order valence-electron chi connectivity index (χ3n) is 6.85. The van der Waals surface area contributed by atoms with Crippen LogP contribution in [-0.2, 0) is 17.8 Å². The Hall–Kier alpha value is -2.28. The highest BCUT2D eigenvalue weighted by molar-refractivity contribution is 5.85. The van der Waals surface area contributed by atoms with Gasteiger partial charge < -0.3 is 25.6 Å². The van der Waals surface area contributed by atoms with Crippen LogP contribution in [-0.4, -0.2) is 36.8 Å². The highest BCUT2D eigenvalue weighted by Crippen LogP contribution is 2.32. The minimum atomic E-state index is -0.723. The lowest BCUT2D eigenvalue weighted by atomic mass is 9.82. The number of benzene rings is 2. The summed E-state index contributed by atoms with van der Waals surface area (Å²) in [6, 6.07) is 15.7. The van der Waals surface area contributed by atoms with Crippen molar-refractivity contribution >= 4 is 18.3 Å². The first kappa shape index (κ1) is 32.7. The van der Waals surface area contributed by atoms with Crippen LogP contribution in [0.5, 0.6) is 11.5 Å². The van der Waals surface area contributed by atoms with Gasteiger partial charge in [-0.3, -0.25) is 4.79 Å². The molecule has 0 aliphatic heterocycles. The quantitative estimate of drug-likeness (QED) is 0.246. The molecule has 6 nitrogen and oxygen atoms in total. The van der Waals surface area contributed by atoms with E-state index in [9.17, 15) is 9.90 Å². The van der Waals surface area contributed by atoms with Gasteiger partial charge in [0.15, 0.2) is 11.5 Å². The summed E-state index contributed by atoms with van der Waals surface area (Å²) in [5.74, 6) is 1.79. The van der Waals surface area contributed by atoms with E-state index in [4.69, 9.17) is 15.2 Å². The number of aliphatic hydroxyl groups excluding tert-OH is 1. The van der Waals surface area contributed by atoms with Crippen molar-refractivity contribution in [3.8, 4) is 11.5 Å². The fourth-order valence-corrected chi connectivity index (χ4v) is 4.30. The second kappa shape index (κ2) is 17.3. The summed E-state index contributed by atoms with van der Waals surface area (Å²) in [7, 11) is 1.65. The molecule has 37 heavy (non-hydrogen) atoms. The van der Waals surface area contributed by atoms with E-state index in [1.54, 1.807) is 7.11 Å². The van der Waals surface area contributed by atoms with Gasteiger partial charge in [-0.2, -0.15) is 0 Å². The summed E-state index contributed by atoms with van der Waals surface area (Å²) in [6.07, 6.45) is 3.13. The van der Waals surface area contributed by atoms with Gasteiger partial charge in [-0.25, -0.2) is 0 Å². The Bertz CT molecular complexity index is 910. The molecule has 0 fully saturated rings. The Kier molecular flexibility index (Phi) is 15.3. The molecule has 2 aromatic carbocycles. The number of halogens is 1. The van der Waals surface area contributed by atoms with E-state index >= 15 is 0 Å². The zero-order valence-electron chi connectivity index (χ0n) is 23.1. The molecule has 2 rings (SSSR count). The van der Waals surface area contributed by atoms with Crippen molar-refractivity contribution in [3.63, 3.8) is 0 Å². The number of unbranched alkanes of at least 4 members (excludes halogenated alkanes) is 1. The Balaban J connectivity index is 0.00000684. The molecule has 0 radical (unpaired) electrons. The van der Waals surface area contributed by atoms with Crippen LogP contribution in [0, 0.1) is 17.8 Å². The summed E-state index contributed by atoms with van der Waals surface area (Å²) < 4.78 is 11.6. The van der Waals surface area contributed by atoms with Crippen LogP contribution in [0.4, 0.5) is 0 Å². The molecule has 1 amide bonds. The molecule has 4 N–H and O–H groups in total. The number of carbonyl (C=O) groups is 1. The van der Waals surface area contributed by atoms with Crippen LogP contribution >= 0.6 is 12.4 Å². The Morgan fingerprint density at radius 2 is 1.73 bits per heavy atom. The minimum Gasteiger partial charge on any atom is -0.493 e. The zero-order chi connectivity index (χ0) is 26.5.